The monoisotopic (exact) mass is 254 g/mol. The van der Waals surface area contributed by atoms with Crippen LogP contribution in [0.5, 0.6) is 5.75 Å². The highest BCUT2D eigenvalue weighted by Gasteiger charge is 2.11. The van der Waals surface area contributed by atoms with Crippen LogP contribution in [0.3, 0.4) is 0 Å². The van der Waals surface area contributed by atoms with Crippen molar-refractivity contribution in [1.29, 1.82) is 0 Å². The van der Waals surface area contributed by atoms with Crippen molar-refractivity contribution in [2.24, 2.45) is 0 Å². The standard InChI is InChI=1S/C16H18N2O/c1-17-9-12-7-15(11-18-10-12)13-4-5-16-14(8-13)3-2-6-19-16/h4-5,7-8,10-11,17H,2-3,6,9H2,1H3. The van der Waals surface area contributed by atoms with Crippen molar-refractivity contribution >= 4 is 0 Å². The number of aryl methyl sites for hydroxylation is 1. The van der Waals surface area contributed by atoms with Gasteiger partial charge in [-0.3, -0.25) is 4.98 Å². The van der Waals surface area contributed by atoms with Crippen LogP contribution in [0.15, 0.2) is 36.7 Å². The van der Waals surface area contributed by atoms with Crippen LogP contribution in [-0.2, 0) is 13.0 Å². The Morgan fingerprint density at radius 1 is 1.21 bits per heavy atom. The molecule has 0 unspecified atom stereocenters. The molecule has 0 saturated carbocycles. The minimum Gasteiger partial charge on any atom is -0.493 e. The minimum absolute atomic E-state index is 0.839. The fraction of sp³-hybridized carbons (Fsp3) is 0.312. The number of hydrogen-bond donors (Lipinski definition) is 1. The Morgan fingerprint density at radius 2 is 2.16 bits per heavy atom. The lowest BCUT2D eigenvalue weighted by atomic mass is 9.99. The van der Waals surface area contributed by atoms with Gasteiger partial charge in [-0.25, -0.2) is 0 Å². The number of ether oxygens (including phenoxy) is 1. The zero-order chi connectivity index (χ0) is 13.1. The van der Waals surface area contributed by atoms with E-state index in [0.29, 0.717) is 0 Å². The molecular formula is C16H18N2O. The maximum atomic E-state index is 5.65. The first-order valence-electron chi connectivity index (χ1n) is 6.71. The molecule has 0 radical (unpaired) electrons. The number of pyridine rings is 1. The second-order valence-electron chi connectivity index (χ2n) is 4.89. The lowest BCUT2D eigenvalue weighted by molar-refractivity contribution is 0.288. The second-order valence-corrected chi connectivity index (χ2v) is 4.89. The Morgan fingerprint density at radius 3 is 3.05 bits per heavy atom. The third-order valence-electron chi connectivity index (χ3n) is 3.42. The first-order valence-corrected chi connectivity index (χ1v) is 6.71. The lowest BCUT2D eigenvalue weighted by Gasteiger charge is -2.18. The largest absolute Gasteiger partial charge is 0.493 e. The summed E-state index contributed by atoms with van der Waals surface area (Å²) in [6, 6.07) is 8.61. The molecule has 0 amide bonds. The average Bonchev–Trinajstić information content (AvgIpc) is 2.47. The molecule has 19 heavy (non-hydrogen) atoms. The zero-order valence-electron chi connectivity index (χ0n) is 11.1. The first-order chi connectivity index (χ1) is 9.36. The van der Waals surface area contributed by atoms with Crippen LogP contribution in [0, 0.1) is 0 Å². The molecule has 1 aliphatic heterocycles. The molecule has 2 aromatic rings. The van der Waals surface area contributed by atoms with Crippen LogP contribution >= 0.6 is 0 Å². The fourth-order valence-corrected chi connectivity index (χ4v) is 2.49. The number of nitrogens with zero attached hydrogens (tertiary/aromatic N) is 1. The van der Waals surface area contributed by atoms with Crippen LogP contribution in [0.4, 0.5) is 0 Å². The summed E-state index contributed by atoms with van der Waals surface area (Å²) in [5.41, 5.74) is 4.90. The lowest BCUT2D eigenvalue weighted by Crippen LogP contribution is -2.08. The van der Waals surface area contributed by atoms with Gasteiger partial charge >= 0.3 is 0 Å². The van der Waals surface area contributed by atoms with Gasteiger partial charge in [0.2, 0.25) is 0 Å². The van der Waals surface area contributed by atoms with Crippen molar-refractivity contribution < 1.29 is 4.74 Å². The average molecular weight is 254 g/mol. The van der Waals surface area contributed by atoms with Crippen molar-refractivity contribution in [2.75, 3.05) is 13.7 Å². The molecule has 2 heterocycles. The fourth-order valence-electron chi connectivity index (χ4n) is 2.49. The van der Waals surface area contributed by atoms with Gasteiger partial charge in [0.15, 0.2) is 0 Å². The molecule has 3 rings (SSSR count). The van der Waals surface area contributed by atoms with Crippen molar-refractivity contribution in [3.8, 4) is 16.9 Å². The van der Waals surface area contributed by atoms with Crippen molar-refractivity contribution in [3.63, 3.8) is 0 Å². The van der Waals surface area contributed by atoms with Gasteiger partial charge in [0.25, 0.3) is 0 Å². The highest BCUT2D eigenvalue weighted by Crippen LogP contribution is 2.30. The van der Waals surface area contributed by atoms with Crippen LogP contribution in [-0.4, -0.2) is 18.6 Å². The van der Waals surface area contributed by atoms with Crippen LogP contribution in [0.25, 0.3) is 11.1 Å². The van der Waals surface area contributed by atoms with Crippen molar-refractivity contribution in [2.45, 2.75) is 19.4 Å². The molecule has 0 spiro atoms. The van der Waals surface area contributed by atoms with Crippen LogP contribution in [0.1, 0.15) is 17.5 Å². The van der Waals surface area contributed by atoms with Crippen molar-refractivity contribution in [3.05, 3.63) is 47.8 Å². The van der Waals surface area contributed by atoms with E-state index in [-0.39, 0.29) is 0 Å². The Labute approximate surface area is 113 Å². The molecule has 1 aliphatic rings. The molecule has 1 aromatic heterocycles. The SMILES string of the molecule is CNCc1cncc(-c2ccc3c(c2)CCCO3)c1. The van der Waals surface area contributed by atoms with E-state index >= 15 is 0 Å². The number of aromatic nitrogens is 1. The van der Waals surface area contributed by atoms with E-state index in [1.54, 1.807) is 0 Å². The third-order valence-corrected chi connectivity index (χ3v) is 3.42. The summed E-state index contributed by atoms with van der Waals surface area (Å²) < 4.78 is 5.65. The van der Waals surface area contributed by atoms with E-state index in [2.05, 4.69) is 34.6 Å². The van der Waals surface area contributed by atoms with Crippen molar-refractivity contribution in [1.82, 2.24) is 10.3 Å². The Kier molecular flexibility index (Phi) is 3.47. The summed E-state index contributed by atoms with van der Waals surface area (Å²) in [6.07, 6.45) is 6.04. The molecule has 0 fully saturated rings. The number of fused-ring (bicyclic) bond motifs is 1. The van der Waals surface area contributed by atoms with Gasteiger partial charge in [0.1, 0.15) is 5.75 Å². The van der Waals surface area contributed by atoms with E-state index in [4.69, 9.17) is 4.74 Å². The molecule has 3 heteroatoms. The summed E-state index contributed by atoms with van der Waals surface area (Å²) in [5, 5.41) is 3.15. The van der Waals surface area contributed by atoms with E-state index in [9.17, 15) is 0 Å². The number of nitrogens with one attached hydrogen (secondary N) is 1. The summed E-state index contributed by atoms with van der Waals surface area (Å²) in [7, 11) is 1.95. The Balaban J connectivity index is 1.95. The summed E-state index contributed by atoms with van der Waals surface area (Å²) in [6.45, 7) is 1.68. The molecule has 0 atom stereocenters. The van der Waals surface area contributed by atoms with E-state index < -0.39 is 0 Å². The maximum absolute atomic E-state index is 5.65. The van der Waals surface area contributed by atoms with Gasteiger partial charge in [-0.05, 0) is 54.8 Å². The minimum atomic E-state index is 0.839. The van der Waals surface area contributed by atoms with E-state index in [0.717, 1.165) is 31.7 Å². The number of rotatable bonds is 3. The van der Waals surface area contributed by atoms with Crippen LogP contribution < -0.4 is 10.1 Å². The molecule has 0 saturated heterocycles. The quantitative estimate of drug-likeness (QED) is 0.914. The predicted molar refractivity (Wildman–Crippen MR) is 76.3 cm³/mol. The molecule has 98 valence electrons. The Bertz CT molecular complexity index is 581. The van der Waals surface area contributed by atoms with Gasteiger partial charge in [0.05, 0.1) is 6.61 Å². The molecule has 1 N–H and O–H groups in total. The number of hydrogen-bond acceptors (Lipinski definition) is 3. The van der Waals surface area contributed by atoms with Gasteiger partial charge in [0, 0.05) is 24.5 Å². The Hall–Kier alpha value is -1.87. The molecular weight excluding hydrogens is 236 g/mol. The van der Waals surface area contributed by atoms with E-state index in [1.807, 2.05) is 19.4 Å². The third kappa shape index (κ3) is 2.61. The van der Waals surface area contributed by atoms with Gasteiger partial charge < -0.3 is 10.1 Å². The van der Waals surface area contributed by atoms with Gasteiger partial charge in [-0.15, -0.1) is 0 Å². The summed E-state index contributed by atoms with van der Waals surface area (Å²) >= 11 is 0. The first kappa shape index (κ1) is 12.2. The molecule has 1 aromatic carbocycles. The molecule has 0 bridgehead atoms. The normalized spacial score (nSPS) is 13.7. The second kappa shape index (κ2) is 5.41. The molecule has 0 aliphatic carbocycles. The summed E-state index contributed by atoms with van der Waals surface area (Å²) in [4.78, 5) is 4.32. The smallest absolute Gasteiger partial charge is 0.122 e. The topological polar surface area (TPSA) is 34.2 Å². The maximum Gasteiger partial charge on any atom is 0.122 e. The van der Waals surface area contributed by atoms with Gasteiger partial charge in [-0.2, -0.15) is 0 Å². The van der Waals surface area contributed by atoms with E-state index in [1.165, 1.54) is 22.3 Å². The number of benzene rings is 1. The highest BCUT2D eigenvalue weighted by atomic mass is 16.5. The zero-order valence-corrected chi connectivity index (χ0v) is 11.1. The highest BCUT2D eigenvalue weighted by molar-refractivity contribution is 5.65. The molecule has 3 nitrogen and oxygen atoms in total. The summed E-state index contributed by atoms with van der Waals surface area (Å²) in [5.74, 6) is 1.04. The van der Waals surface area contributed by atoms with Gasteiger partial charge in [-0.1, -0.05) is 6.07 Å². The predicted octanol–water partition coefficient (Wildman–Crippen LogP) is 2.79. The van der Waals surface area contributed by atoms with Crippen LogP contribution in [0.2, 0.25) is 0 Å².